The van der Waals surface area contributed by atoms with Gasteiger partial charge in [0, 0.05) is 63.9 Å². The summed E-state index contributed by atoms with van der Waals surface area (Å²) in [6.45, 7) is 1.09. The van der Waals surface area contributed by atoms with Gasteiger partial charge in [0.25, 0.3) is 0 Å². The van der Waals surface area contributed by atoms with Crippen molar-refractivity contribution in [3.05, 3.63) is 47.5 Å². The molecule has 3 rings (SSSR count). The molecule has 0 atom stereocenters. The Kier molecular flexibility index (Phi) is 9.81. The predicted octanol–water partition coefficient (Wildman–Crippen LogP) is 7.39. The van der Waals surface area contributed by atoms with E-state index in [4.69, 9.17) is 11.8 Å². The van der Waals surface area contributed by atoms with Crippen molar-refractivity contribution in [1.82, 2.24) is 0 Å². The van der Waals surface area contributed by atoms with Gasteiger partial charge in [0.15, 0.2) is 0 Å². The molecule has 0 N–H and O–H groups in total. The van der Waals surface area contributed by atoms with Gasteiger partial charge in [-0.05, 0) is 61.8 Å². The molecule has 0 saturated heterocycles. The molecule has 3 nitrogen and oxygen atoms in total. The molecular formula is C27H40N3PS. The number of rotatable bonds is 13. The number of benzene rings is 2. The van der Waals surface area contributed by atoms with Gasteiger partial charge in [-0.1, -0.05) is 62.5 Å². The number of fused-ring (bicyclic) bond motifs is 2. The van der Waals surface area contributed by atoms with Crippen LogP contribution in [0.1, 0.15) is 62.5 Å². The first-order valence-electron chi connectivity index (χ1n) is 12.2. The van der Waals surface area contributed by atoms with Gasteiger partial charge in [-0.25, -0.2) is 0 Å². The summed E-state index contributed by atoms with van der Waals surface area (Å²) in [6, 6.07) is 13.9. The first-order valence-corrected chi connectivity index (χ1v) is 14.3. The molecule has 5 heteroatoms. The molecule has 2 aromatic rings. The highest BCUT2D eigenvalue weighted by Gasteiger charge is 2.23. The van der Waals surface area contributed by atoms with Gasteiger partial charge in [-0.15, -0.1) is 0 Å². The van der Waals surface area contributed by atoms with Crippen molar-refractivity contribution >= 4 is 41.9 Å². The van der Waals surface area contributed by atoms with E-state index in [2.05, 4.69) is 79.3 Å². The summed E-state index contributed by atoms with van der Waals surface area (Å²) in [5.41, 5.74) is 8.22. The van der Waals surface area contributed by atoms with Gasteiger partial charge in [0.05, 0.1) is 0 Å². The highest BCUT2D eigenvalue weighted by atomic mass is 32.4. The largest absolute Gasteiger partial charge is 0.378 e. The Labute approximate surface area is 202 Å². The van der Waals surface area contributed by atoms with Crippen LogP contribution < -0.4 is 14.7 Å². The van der Waals surface area contributed by atoms with Gasteiger partial charge < -0.3 is 14.7 Å². The summed E-state index contributed by atoms with van der Waals surface area (Å²) >= 11 is 5.01. The lowest BCUT2D eigenvalue weighted by atomic mass is 9.94. The molecule has 0 amide bonds. The van der Waals surface area contributed by atoms with Crippen LogP contribution in [0.5, 0.6) is 0 Å². The Morgan fingerprint density at radius 1 is 0.719 bits per heavy atom. The summed E-state index contributed by atoms with van der Waals surface area (Å²) in [7, 11) is 9.65. The van der Waals surface area contributed by atoms with E-state index in [-0.39, 0.29) is 0 Å². The lowest BCUT2D eigenvalue weighted by Gasteiger charge is -2.35. The summed E-state index contributed by atoms with van der Waals surface area (Å²) in [4.78, 5) is 7.00. The number of anilines is 4. The van der Waals surface area contributed by atoms with Crippen molar-refractivity contribution in [3.8, 4) is 0 Å². The van der Waals surface area contributed by atoms with Gasteiger partial charge in [-0.3, -0.25) is 0 Å². The van der Waals surface area contributed by atoms with Crippen LogP contribution in [0.15, 0.2) is 36.4 Å². The third-order valence-electron chi connectivity index (χ3n) is 6.51. The highest BCUT2D eigenvalue weighted by Crippen LogP contribution is 2.42. The minimum absolute atomic E-state index is 1.02. The maximum absolute atomic E-state index is 5.01. The fourth-order valence-corrected chi connectivity index (χ4v) is 5.29. The predicted molar refractivity (Wildman–Crippen MR) is 147 cm³/mol. The van der Waals surface area contributed by atoms with E-state index in [1.165, 1.54) is 91.4 Å². The molecule has 32 heavy (non-hydrogen) atoms. The highest BCUT2D eigenvalue weighted by molar-refractivity contribution is 7.96. The molecular weight excluding hydrogens is 429 g/mol. The molecule has 1 aliphatic heterocycles. The molecule has 0 aliphatic carbocycles. The molecule has 0 bridgehead atoms. The van der Waals surface area contributed by atoms with Crippen LogP contribution >= 0.6 is 7.36 Å². The smallest absolute Gasteiger partial charge is 0.0467 e. The number of unbranched alkanes of at least 4 members (excludes halogenated alkanes) is 7. The van der Waals surface area contributed by atoms with Crippen LogP contribution in [0.4, 0.5) is 22.7 Å². The number of hydrogen-bond acceptors (Lipinski definition) is 4. The summed E-state index contributed by atoms with van der Waals surface area (Å²) < 4.78 is 0. The van der Waals surface area contributed by atoms with Crippen LogP contribution in [0.2, 0.25) is 0 Å². The van der Waals surface area contributed by atoms with E-state index in [0.29, 0.717) is 0 Å². The zero-order chi connectivity index (χ0) is 22.9. The average Bonchev–Trinajstić information content (AvgIpc) is 2.78. The zero-order valence-corrected chi connectivity index (χ0v) is 22.2. The fraction of sp³-hybridized carbons (Fsp3) is 0.556. The molecule has 1 aliphatic rings. The van der Waals surface area contributed by atoms with E-state index in [9.17, 15) is 0 Å². The van der Waals surface area contributed by atoms with Gasteiger partial charge in [0.1, 0.15) is 0 Å². The molecule has 174 valence electrons. The molecule has 0 fully saturated rings. The fourth-order valence-electron chi connectivity index (χ4n) is 4.55. The third kappa shape index (κ3) is 6.68. The van der Waals surface area contributed by atoms with Crippen LogP contribution in [0.3, 0.4) is 0 Å². The molecule has 2 aromatic carbocycles. The second-order valence-corrected chi connectivity index (χ2v) is 10.9. The molecule has 0 unspecified atom stereocenters. The molecule has 0 aromatic heterocycles. The topological polar surface area (TPSA) is 9.72 Å². The van der Waals surface area contributed by atoms with E-state index in [1.54, 1.807) is 0 Å². The Balaban J connectivity index is 1.65. The monoisotopic (exact) mass is 469 g/mol. The summed E-state index contributed by atoms with van der Waals surface area (Å²) in [6.07, 6.45) is 12.9. The maximum Gasteiger partial charge on any atom is 0.0467 e. The van der Waals surface area contributed by atoms with Gasteiger partial charge in [0.2, 0.25) is 0 Å². The van der Waals surface area contributed by atoms with Crippen LogP contribution in [0, 0.1) is 0 Å². The molecule has 1 heterocycles. The Hall–Kier alpha value is -1.64. The average molecular weight is 470 g/mol. The van der Waals surface area contributed by atoms with E-state index in [1.807, 2.05) is 0 Å². The van der Waals surface area contributed by atoms with Crippen LogP contribution in [0.25, 0.3) is 0 Å². The second kappa shape index (κ2) is 12.6. The molecule has 0 saturated carbocycles. The summed E-state index contributed by atoms with van der Waals surface area (Å²) in [5.74, 6) is 0. The van der Waals surface area contributed by atoms with Crippen molar-refractivity contribution in [2.75, 3.05) is 55.6 Å². The third-order valence-corrected chi connectivity index (χ3v) is 7.56. The van der Waals surface area contributed by atoms with E-state index >= 15 is 0 Å². The minimum atomic E-state index is 1.02. The second-order valence-electron chi connectivity index (χ2n) is 9.42. The molecule has 0 radical (unpaired) electrons. The first-order chi connectivity index (χ1) is 15.5. The quantitative estimate of drug-likeness (QED) is 0.223. The summed E-state index contributed by atoms with van der Waals surface area (Å²) in [5, 5.41) is 0. The lowest BCUT2D eigenvalue weighted by Crippen LogP contribution is -2.25. The van der Waals surface area contributed by atoms with Crippen molar-refractivity contribution in [3.63, 3.8) is 0 Å². The molecule has 0 spiro atoms. The number of hydrogen-bond donors (Lipinski definition) is 0. The minimum Gasteiger partial charge on any atom is -0.378 e. The Morgan fingerprint density at radius 3 is 1.66 bits per heavy atom. The van der Waals surface area contributed by atoms with Crippen LogP contribution in [-0.2, 0) is 18.2 Å². The first kappa shape index (κ1) is 25.0. The van der Waals surface area contributed by atoms with Crippen molar-refractivity contribution in [1.29, 1.82) is 0 Å². The Bertz CT molecular complexity index is 824. The zero-order valence-electron chi connectivity index (χ0n) is 20.4. The normalized spacial score (nSPS) is 12.6. The SMILES string of the molecule is CN(C)c1ccc2c(c1)N(CCCCCCCCCCP=S)c1cc(N(C)C)ccc1C2. The van der Waals surface area contributed by atoms with E-state index < -0.39 is 0 Å². The van der Waals surface area contributed by atoms with E-state index in [0.717, 1.165) is 20.3 Å². The van der Waals surface area contributed by atoms with Crippen LogP contribution in [-0.4, -0.2) is 40.9 Å². The maximum atomic E-state index is 5.01. The lowest BCUT2D eigenvalue weighted by molar-refractivity contribution is 0.577. The van der Waals surface area contributed by atoms with Crippen molar-refractivity contribution in [2.45, 2.75) is 57.8 Å². The van der Waals surface area contributed by atoms with Gasteiger partial charge in [-0.2, -0.15) is 0 Å². The standard InChI is InChI=1S/C27H40N3PS/c1-28(2)24-15-13-22-19-23-14-16-25(29(3)4)21-27(23)30(26(22)20-24)17-11-9-7-5-6-8-10-12-18-31-32/h13-16,20-21H,5-12,17-19H2,1-4H3. The Morgan fingerprint density at radius 2 is 1.19 bits per heavy atom. The number of nitrogens with zero attached hydrogens (tertiary/aromatic N) is 3. The van der Waals surface area contributed by atoms with Crippen molar-refractivity contribution in [2.24, 2.45) is 0 Å². The van der Waals surface area contributed by atoms with Gasteiger partial charge >= 0.3 is 0 Å². The van der Waals surface area contributed by atoms with Crippen molar-refractivity contribution < 1.29 is 0 Å².